The van der Waals surface area contributed by atoms with Crippen LogP contribution in [-0.2, 0) is 0 Å². The fraction of sp³-hybridized carbons (Fsp3) is 0.400. The largest absolute Gasteiger partial charge is 0.414 e. The quantitative estimate of drug-likeness (QED) is 0.802. The van der Waals surface area contributed by atoms with Crippen molar-refractivity contribution in [2.45, 2.75) is 24.1 Å². The molecular weight excluding hydrogens is 229 g/mol. The van der Waals surface area contributed by atoms with E-state index in [1.54, 1.807) is 30.3 Å². The SMILES string of the molecule is OC(CC(Cl)c1ccccc1)C(F)(F)F. The molecule has 0 amide bonds. The van der Waals surface area contributed by atoms with Gasteiger partial charge in [0.05, 0.1) is 5.38 Å². The van der Waals surface area contributed by atoms with Crippen LogP contribution in [0.4, 0.5) is 13.2 Å². The highest BCUT2D eigenvalue weighted by Gasteiger charge is 2.39. The molecule has 0 saturated heterocycles. The van der Waals surface area contributed by atoms with Crippen LogP contribution in [0.5, 0.6) is 0 Å². The maximum Gasteiger partial charge on any atom is 0.414 e. The van der Waals surface area contributed by atoms with Crippen molar-refractivity contribution in [1.29, 1.82) is 0 Å². The molecule has 1 nitrogen and oxygen atoms in total. The van der Waals surface area contributed by atoms with E-state index < -0.39 is 24.1 Å². The van der Waals surface area contributed by atoms with Crippen LogP contribution >= 0.6 is 11.6 Å². The van der Waals surface area contributed by atoms with Crippen LogP contribution in [-0.4, -0.2) is 17.4 Å². The monoisotopic (exact) mass is 238 g/mol. The molecule has 0 heterocycles. The van der Waals surface area contributed by atoms with E-state index in [9.17, 15) is 13.2 Å². The van der Waals surface area contributed by atoms with Crippen LogP contribution in [0.1, 0.15) is 17.4 Å². The average molecular weight is 239 g/mol. The molecule has 1 rings (SSSR count). The zero-order chi connectivity index (χ0) is 11.5. The lowest BCUT2D eigenvalue weighted by Crippen LogP contribution is -2.29. The molecule has 0 fully saturated rings. The number of rotatable bonds is 3. The topological polar surface area (TPSA) is 20.2 Å². The predicted molar refractivity (Wildman–Crippen MR) is 51.7 cm³/mol. The Morgan fingerprint density at radius 2 is 1.73 bits per heavy atom. The fourth-order valence-corrected chi connectivity index (χ4v) is 1.44. The van der Waals surface area contributed by atoms with Crippen molar-refractivity contribution in [2.24, 2.45) is 0 Å². The second kappa shape index (κ2) is 4.86. The summed E-state index contributed by atoms with van der Waals surface area (Å²) in [5.74, 6) is 0. The highest BCUT2D eigenvalue weighted by atomic mass is 35.5. The van der Waals surface area contributed by atoms with Gasteiger partial charge >= 0.3 is 6.18 Å². The van der Waals surface area contributed by atoms with Crippen molar-refractivity contribution < 1.29 is 18.3 Å². The zero-order valence-corrected chi connectivity index (χ0v) is 8.46. The molecule has 0 radical (unpaired) electrons. The van der Waals surface area contributed by atoms with E-state index in [4.69, 9.17) is 16.7 Å². The van der Waals surface area contributed by atoms with Gasteiger partial charge in [-0.2, -0.15) is 13.2 Å². The number of hydrogen-bond donors (Lipinski definition) is 1. The molecule has 0 aromatic heterocycles. The highest BCUT2D eigenvalue weighted by Crippen LogP contribution is 2.31. The van der Waals surface area contributed by atoms with Gasteiger partial charge in [0.15, 0.2) is 6.10 Å². The van der Waals surface area contributed by atoms with Crippen LogP contribution < -0.4 is 0 Å². The molecule has 84 valence electrons. The van der Waals surface area contributed by atoms with Gasteiger partial charge in [0, 0.05) is 6.42 Å². The lowest BCUT2D eigenvalue weighted by atomic mass is 10.1. The Hall–Kier alpha value is -0.740. The molecule has 5 heteroatoms. The highest BCUT2D eigenvalue weighted by molar-refractivity contribution is 6.20. The molecule has 0 aliphatic carbocycles. The molecule has 0 aliphatic rings. The van der Waals surface area contributed by atoms with Crippen LogP contribution in [0.2, 0.25) is 0 Å². The third kappa shape index (κ3) is 3.72. The number of halogens is 4. The van der Waals surface area contributed by atoms with Gasteiger partial charge in [0.2, 0.25) is 0 Å². The molecule has 0 bridgehead atoms. The van der Waals surface area contributed by atoms with Gasteiger partial charge < -0.3 is 5.11 Å². The Morgan fingerprint density at radius 3 is 2.20 bits per heavy atom. The van der Waals surface area contributed by atoms with Crippen molar-refractivity contribution in [3.63, 3.8) is 0 Å². The molecule has 1 aromatic rings. The molecule has 0 aliphatic heterocycles. The van der Waals surface area contributed by atoms with Gasteiger partial charge in [0.25, 0.3) is 0 Å². The summed E-state index contributed by atoms with van der Waals surface area (Å²) in [5.41, 5.74) is 0.572. The third-order valence-electron chi connectivity index (χ3n) is 1.97. The summed E-state index contributed by atoms with van der Waals surface area (Å²) in [4.78, 5) is 0. The van der Waals surface area contributed by atoms with Gasteiger partial charge in [-0.3, -0.25) is 0 Å². The maximum absolute atomic E-state index is 12.0. The molecular formula is C10H10ClF3O. The lowest BCUT2D eigenvalue weighted by Gasteiger charge is -2.17. The van der Waals surface area contributed by atoms with Crippen molar-refractivity contribution in [3.05, 3.63) is 35.9 Å². The Morgan fingerprint density at radius 1 is 1.20 bits per heavy atom. The minimum atomic E-state index is -4.61. The second-order valence-electron chi connectivity index (χ2n) is 3.17. The van der Waals surface area contributed by atoms with Crippen molar-refractivity contribution >= 4 is 11.6 Å². The Balaban J connectivity index is 2.61. The standard InChI is InChI=1S/C10H10ClF3O/c11-8(6-9(15)10(12,13)14)7-4-2-1-3-5-7/h1-5,8-9,15H,6H2. The summed E-state index contributed by atoms with van der Waals surface area (Å²) >= 11 is 5.75. The molecule has 15 heavy (non-hydrogen) atoms. The maximum atomic E-state index is 12.0. The van der Waals surface area contributed by atoms with Crippen LogP contribution in [0.25, 0.3) is 0 Å². The summed E-state index contributed by atoms with van der Waals surface area (Å²) < 4.78 is 36.0. The third-order valence-corrected chi connectivity index (χ3v) is 2.40. The number of aliphatic hydroxyl groups is 1. The first kappa shape index (κ1) is 12.3. The Labute approximate surface area is 90.5 Å². The van der Waals surface area contributed by atoms with Gasteiger partial charge in [-0.1, -0.05) is 30.3 Å². The van der Waals surface area contributed by atoms with E-state index in [0.717, 1.165) is 0 Å². The van der Waals surface area contributed by atoms with E-state index in [-0.39, 0.29) is 0 Å². The lowest BCUT2D eigenvalue weighted by molar-refractivity contribution is -0.205. The van der Waals surface area contributed by atoms with E-state index in [1.165, 1.54) is 0 Å². The van der Waals surface area contributed by atoms with E-state index in [0.29, 0.717) is 5.56 Å². The predicted octanol–water partition coefficient (Wildman–Crippen LogP) is 3.28. The van der Waals surface area contributed by atoms with Gasteiger partial charge in [-0.25, -0.2) is 0 Å². The molecule has 0 saturated carbocycles. The number of hydrogen-bond acceptors (Lipinski definition) is 1. The molecule has 1 N–H and O–H groups in total. The van der Waals surface area contributed by atoms with Crippen LogP contribution in [0.15, 0.2) is 30.3 Å². The number of alkyl halides is 4. The fourth-order valence-electron chi connectivity index (χ4n) is 1.13. The van der Waals surface area contributed by atoms with E-state index >= 15 is 0 Å². The molecule has 0 spiro atoms. The Kier molecular flexibility index (Phi) is 3.99. The summed E-state index contributed by atoms with van der Waals surface area (Å²) in [5, 5.41) is 7.98. The van der Waals surface area contributed by atoms with E-state index in [2.05, 4.69) is 0 Å². The van der Waals surface area contributed by atoms with Crippen molar-refractivity contribution in [2.75, 3.05) is 0 Å². The van der Waals surface area contributed by atoms with Gasteiger partial charge in [-0.05, 0) is 5.56 Å². The first-order chi connectivity index (χ1) is 6.91. The van der Waals surface area contributed by atoms with Gasteiger partial charge in [-0.15, -0.1) is 11.6 Å². The van der Waals surface area contributed by atoms with Crippen LogP contribution in [0.3, 0.4) is 0 Å². The summed E-state index contributed by atoms with van der Waals surface area (Å²) in [6.07, 6.45) is -7.52. The Bertz CT molecular complexity index is 299. The van der Waals surface area contributed by atoms with E-state index in [1.807, 2.05) is 0 Å². The summed E-state index contributed by atoms with van der Waals surface area (Å²) in [6.45, 7) is 0. The molecule has 2 atom stereocenters. The summed E-state index contributed by atoms with van der Waals surface area (Å²) in [7, 11) is 0. The number of benzene rings is 1. The minimum Gasteiger partial charge on any atom is -0.384 e. The summed E-state index contributed by atoms with van der Waals surface area (Å²) in [6, 6.07) is 8.37. The normalized spacial score (nSPS) is 16.1. The minimum absolute atomic E-state index is 0.533. The number of aliphatic hydroxyl groups excluding tert-OH is 1. The molecule has 1 aromatic carbocycles. The average Bonchev–Trinajstić information content (AvgIpc) is 2.17. The van der Waals surface area contributed by atoms with Crippen molar-refractivity contribution in [1.82, 2.24) is 0 Å². The molecule has 2 unspecified atom stereocenters. The van der Waals surface area contributed by atoms with Crippen molar-refractivity contribution in [3.8, 4) is 0 Å². The first-order valence-electron chi connectivity index (χ1n) is 4.35. The van der Waals surface area contributed by atoms with Crippen LogP contribution in [0, 0.1) is 0 Å². The van der Waals surface area contributed by atoms with Gasteiger partial charge in [0.1, 0.15) is 0 Å². The second-order valence-corrected chi connectivity index (χ2v) is 3.70. The smallest absolute Gasteiger partial charge is 0.384 e. The first-order valence-corrected chi connectivity index (χ1v) is 4.78. The zero-order valence-electron chi connectivity index (χ0n) is 7.71.